The molecule has 0 radical (unpaired) electrons. The van der Waals surface area contributed by atoms with Crippen molar-refractivity contribution >= 4 is 11.7 Å². The average Bonchev–Trinajstić information content (AvgIpc) is 2.49. The lowest BCUT2D eigenvalue weighted by Gasteiger charge is -2.24. The van der Waals surface area contributed by atoms with Gasteiger partial charge in [-0.3, -0.25) is 14.9 Å². The van der Waals surface area contributed by atoms with Gasteiger partial charge in [0.15, 0.2) is 0 Å². The van der Waals surface area contributed by atoms with Gasteiger partial charge >= 0.3 is 5.97 Å². The van der Waals surface area contributed by atoms with Gasteiger partial charge in [-0.1, -0.05) is 25.5 Å². The number of benzene rings is 1. The van der Waals surface area contributed by atoms with Crippen molar-refractivity contribution in [2.24, 2.45) is 0 Å². The minimum Gasteiger partial charge on any atom is -0.462 e. The van der Waals surface area contributed by atoms with Gasteiger partial charge in [0, 0.05) is 12.1 Å². The molecule has 1 fully saturated rings. The van der Waals surface area contributed by atoms with E-state index >= 15 is 0 Å². The van der Waals surface area contributed by atoms with Crippen LogP contribution in [0.5, 0.6) is 0 Å². The molecule has 114 valence electrons. The van der Waals surface area contributed by atoms with Crippen LogP contribution < -0.4 is 0 Å². The van der Waals surface area contributed by atoms with Crippen molar-refractivity contribution in [3.05, 3.63) is 39.9 Å². The normalized spacial score (nSPS) is 17.2. The Morgan fingerprint density at radius 3 is 2.71 bits per heavy atom. The quantitative estimate of drug-likeness (QED) is 0.467. The lowest BCUT2D eigenvalue weighted by molar-refractivity contribution is -0.384. The van der Waals surface area contributed by atoms with Crippen LogP contribution in [0.15, 0.2) is 24.3 Å². The molecule has 0 saturated heterocycles. The summed E-state index contributed by atoms with van der Waals surface area (Å²) in [5, 5.41) is 10.8. The summed E-state index contributed by atoms with van der Waals surface area (Å²) in [6.07, 6.45) is 5.85. The molecule has 0 aliphatic heterocycles. The Balaban J connectivity index is 2.08. The summed E-state index contributed by atoms with van der Waals surface area (Å²) < 4.78 is 5.59. The van der Waals surface area contributed by atoms with Crippen LogP contribution in [0.25, 0.3) is 0 Å². The van der Waals surface area contributed by atoms with E-state index in [0.717, 1.165) is 25.7 Å². The molecule has 5 heteroatoms. The molecule has 1 saturated carbocycles. The molecule has 0 amide bonds. The molecule has 5 nitrogen and oxygen atoms in total. The van der Waals surface area contributed by atoms with Gasteiger partial charge in [0.1, 0.15) is 6.10 Å². The number of carbonyl (C=O) groups is 1. The Kier molecular flexibility index (Phi) is 5.31. The van der Waals surface area contributed by atoms with E-state index in [1.165, 1.54) is 18.6 Å². The van der Waals surface area contributed by atoms with Gasteiger partial charge in [0.05, 0.1) is 10.8 Å². The predicted molar refractivity (Wildman–Crippen MR) is 79.1 cm³/mol. The molecule has 0 N–H and O–H groups in total. The summed E-state index contributed by atoms with van der Waals surface area (Å²) in [6.45, 7) is 1.89. The number of nitro groups is 1. The first kappa shape index (κ1) is 15.5. The molecule has 1 aromatic rings. The molecule has 1 atom stereocenters. The number of carbonyl (C=O) groups excluding carboxylic acids is 1. The molecule has 1 aromatic carbocycles. The first-order valence-electron chi connectivity index (χ1n) is 7.56. The van der Waals surface area contributed by atoms with Gasteiger partial charge in [0.25, 0.3) is 5.69 Å². The van der Waals surface area contributed by atoms with Gasteiger partial charge in [-0.05, 0) is 37.7 Å². The summed E-state index contributed by atoms with van der Waals surface area (Å²) in [6, 6.07) is 6.27. The van der Waals surface area contributed by atoms with Crippen molar-refractivity contribution < 1.29 is 14.5 Å². The highest BCUT2D eigenvalue weighted by molar-refractivity contribution is 5.78. The first-order chi connectivity index (χ1) is 10.1. The van der Waals surface area contributed by atoms with E-state index in [1.54, 1.807) is 12.1 Å². The van der Waals surface area contributed by atoms with Gasteiger partial charge in [-0.25, -0.2) is 0 Å². The van der Waals surface area contributed by atoms with Gasteiger partial charge in [0.2, 0.25) is 0 Å². The van der Waals surface area contributed by atoms with Crippen molar-refractivity contribution in [3.63, 3.8) is 0 Å². The fraction of sp³-hybridized carbons (Fsp3) is 0.562. The maximum absolute atomic E-state index is 12.3. The summed E-state index contributed by atoms with van der Waals surface area (Å²) >= 11 is 0. The number of non-ortho nitro benzene ring substituents is 1. The van der Waals surface area contributed by atoms with Crippen molar-refractivity contribution in [1.82, 2.24) is 0 Å². The first-order valence-corrected chi connectivity index (χ1v) is 7.56. The standard InChI is InChI=1S/C16H21NO4/c1-2-15(12-7-6-8-13(11-12)17(19)20)16(18)21-14-9-4-3-5-10-14/h6-8,11,14-15H,2-5,9-10H2,1H3. The van der Waals surface area contributed by atoms with E-state index in [1.807, 2.05) is 6.92 Å². The lowest BCUT2D eigenvalue weighted by Crippen LogP contribution is -2.24. The SMILES string of the molecule is CCC(C(=O)OC1CCCCC1)c1cccc([N+](=O)[O-])c1. The van der Waals surface area contributed by atoms with Crippen LogP contribution in [0.2, 0.25) is 0 Å². The van der Waals surface area contributed by atoms with Crippen LogP contribution in [0.3, 0.4) is 0 Å². The van der Waals surface area contributed by atoms with Crippen LogP contribution in [-0.4, -0.2) is 17.0 Å². The van der Waals surface area contributed by atoms with Crippen LogP contribution in [0.4, 0.5) is 5.69 Å². The number of hydrogen-bond donors (Lipinski definition) is 0. The monoisotopic (exact) mass is 291 g/mol. The summed E-state index contributed by atoms with van der Waals surface area (Å²) in [7, 11) is 0. The zero-order valence-corrected chi connectivity index (χ0v) is 12.3. The third-order valence-electron chi connectivity index (χ3n) is 4.01. The van der Waals surface area contributed by atoms with Crippen molar-refractivity contribution in [3.8, 4) is 0 Å². The van der Waals surface area contributed by atoms with Gasteiger partial charge in [-0.15, -0.1) is 0 Å². The maximum Gasteiger partial charge on any atom is 0.313 e. The van der Waals surface area contributed by atoms with Crippen LogP contribution in [0, 0.1) is 10.1 Å². The van der Waals surface area contributed by atoms with Crippen LogP contribution in [0.1, 0.15) is 56.9 Å². The molecular weight excluding hydrogens is 270 g/mol. The van der Waals surface area contributed by atoms with Gasteiger partial charge in [-0.2, -0.15) is 0 Å². The fourth-order valence-electron chi connectivity index (χ4n) is 2.82. The molecule has 0 bridgehead atoms. The van der Waals surface area contributed by atoms with Crippen molar-refractivity contribution in [1.29, 1.82) is 0 Å². The van der Waals surface area contributed by atoms with E-state index in [2.05, 4.69) is 0 Å². The number of ether oxygens (including phenoxy) is 1. The van der Waals surface area contributed by atoms with E-state index in [-0.39, 0.29) is 17.8 Å². The summed E-state index contributed by atoms with van der Waals surface area (Å²) in [5.41, 5.74) is 0.670. The van der Waals surface area contributed by atoms with Crippen molar-refractivity contribution in [2.45, 2.75) is 57.5 Å². The van der Waals surface area contributed by atoms with E-state index in [0.29, 0.717) is 12.0 Å². The van der Waals surface area contributed by atoms with E-state index in [9.17, 15) is 14.9 Å². The fourth-order valence-corrected chi connectivity index (χ4v) is 2.82. The second kappa shape index (κ2) is 7.20. The highest BCUT2D eigenvalue weighted by Crippen LogP contribution is 2.27. The van der Waals surface area contributed by atoms with E-state index < -0.39 is 10.8 Å². The zero-order chi connectivity index (χ0) is 15.2. The molecule has 0 aromatic heterocycles. The van der Waals surface area contributed by atoms with Gasteiger partial charge < -0.3 is 4.74 Å². The second-order valence-electron chi connectivity index (χ2n) is 5.51. The molecular formula is C16H21NO4. The summed E-state index contributed by atoms with van der Waals surface area (Å²) in [5.74, 6) is -0.684. The lowest BCUT2D eigenvalue weighted by atomic mass is 9.95. The maximum atomic E-state index is 12.3. The predicted octanol–water partition coefficient (Wildman–Crippen LogP) is 3.96. The molecule has 0 heterocycles. The number of hydrogen-bond acceptors (Lipinski definition) is 4. The number of nitro benzene ring substituents is 1. The van der Waals surface area contributed by atoms with Crippen LogP contribution in [-0.2, 0) is 9.53 Å². The third kappa shape index (κ3) is 4.03. The molecule has 1 aliphatic carbocycles. The number of nitrogens with zero attached hydrogens (tertiary/aromatic N) is 1. The minimum absolute atomic E-state index is 0.0106. The highest BCUT2D eigenvalue weighted by atomic mass is 16.6. The second-order valence-corrected chi connectivity index (χ2v) is 5.51. The zero-order valence-electron chi connectivity index (χ0n) is 12.3. The van der Waals surface area contributed by atoms with Crippen molar-refractivity contribution in [2.75, 3.05) is 0 Å². The summed E-state index contributed by atoms with van der Waals surface area (Å²) in [4.78, 5) is 22.7. The van der Waals surface area contributed by atoms with E-state index in [4.69, 9.17) is 4.74 Å². The molecule has 1 aliphatic rings. The smallest absolute Gasteiger partial charge is 0.313 e. The minimum atomic E-state index is -0.442. The third-order valence-corrected chi connectivity index (χ3v) is 4.01. The number of esters is 1. The Hall–Kier alpha value is -1.91. The molecule has 0 spiro atoms. The van der Waals surface area contributed by atoms with Crippen LogP contribution >= 0.6 is 0 Å². The molecule has 21 heavy (non-hydrogen) atoms. The molecule has 2 rings (SSSR count). The Morgan fingerprint density at radius 2 is 2.10 bits per heavy atom. The highest BCUT2D eigenvalue weighted by Gasteiger charge is 2.25. The average molecular weight is 291 g/mol. The Labute approximate surface area is 124 Å². The number of rotatable bonds is 5. The molecule has 1 unspecified atom stereocenters. The largest absolute Gasteiger partial charge is 0.462 e. The Morgan fingerprint density at radius 1 is 1.38 bits per heavy atom. The Bertz CT molecular complexity index is 509. The topological polar surface area (TPSA) is 69.4 Å².